The Morgan fingerprint density at radius 3 is 1.40 bits per heavy atom. The Hall–Kier alpha value is -4.48. The summed E-state index contributed by atoms with van der Waals surface area (Å²) in [6.45, 7) is 0. The van der Waals surface area contributed by atoms with Gasteiger partial charge in [-0.05, 0) is 97.3 Å². The molecule has 4 aromatic rings. The number of hydrogen-bond donors (Lipinski definition) is 2. The first-order valence-electron chi connectivity index (χ1n) is 16.5. The zero-order valence-electron chi connectivity index (χ0n) is 26.8. The molecule has 0 unspecified atom stereocenters. The lowest BCUT2D eigenvalue weighted by atomic mass is 10.0. The fourth-order valence-corrected chi connectivity index (χ4v) is 7.17. The third-order valence-corrected chi connectivity index (χ3v) is 9.97. The molecule has 2 amide bonds. The van der Waals surface area contributed by atoms with Crippen LogP contribution in [0.4, 0.5) is 28.9 Å². The molecule has 2 aromatic heterocycles. The number of halogens is 4. The van der Waals surface area contributed by atoms with Crippen molar-refractivity contribution in [1.29, 1.82) is 0 Å². The average molecular weight is 663 g/mol. The molecule has 2 N–H and O–H groups in total. The highest BCUT2D eigenvalue weighted by molar-refractivity contribution is 6.06. The van der Waals surface area contributed by atoms with Gasteiger partial charge in [0.1, 0.15) is 11.4 Å². The van der Waals surface area contributed by atoms with E-state index in [1.807, 2.05) is 48.5 Å². The smallest absolute Gasteiger partial charge is 0.282 e. The second-order valence-electron chi connectivity index (χ2n) is 13.6. The molecule has 0 saturated heterocycles. The summed E-state index contributed by atoms with van der Waals surface area (Å²) in [4.78, 5) is 25.0. The highest BCUT2D eigenvalue weighted by Crippen LogP contribution is 2.61. The van der Waals surface area contributed by atoms with Crippen LogP contribution < -0.4 is 10.6 Å². The standard InChI is InChI=1S/2C18H19F2N3O/c2*1-23-9-14(16(22-23)17(19)20)18(24)21-15-5-3-2-4-11(15)13-8-12(13)10-6-7-10/h2*2-5,9-10,12-13,17H,6-8H2,1H3,(H,21,24)/t2*12-,13-/m10/s1. The molecule has 8 nitrogen and oxygen atoms in total. The summed E-state index contributed by atoms with van der Waals surface area (Å²) >= 11 is 0. The molecule has 0 radical (unpaired) electrons. The van der Waals surface area contributed by atoms with Crippen molar-refractivity contribution in [3.8, 4) is 0 Å². The monoisotopic (exact) mass is 662 g/mol. The van der Waals surface area contributed by atoms with Crippen molar-refractivity contribution in [2.24, 2.45) is 37.8 Å². The quantitative estimate of drug-likeness (QED) is 0.167. The minimum atomic E-state index is -2.77. The van der Waals surface area contributed by atoms with Crippen LogP contribution in [0.25, 0.3) is 0 Å². The second-order valence-corrected chi connectivity index (χ2v) is 13.6. The van der Waals surface area contributed by atoms with Gasteiger partial charge in [-0.25, -0.2) is 17.6 Å². The van der Waals surface area contributed by atoms with Crippen LogP contribution >= 0.6 is 0 Å². The zero-order valence-corrected chi connectivity index (χ0v) is 26.8. The van der Waals surface area contributed by atoms with Crippen LogP contribution in [0, 0.1) is 23.7 Å². The van der Waals surface area contributed by atoms with Crippen molar-refractivity contribution in [2.45, 2.75) is 63.2 Å². The van der Waals surface area contributed by atoms with Gasteiger partial charge in [0.25, 0.3) is 24.7 Å². The third-order valence-electron chi connectivity index (χ3n) is 9.97. The van der Waals surface area contributed by atoms with Crippen LogP contribution in [-0.2, 0) is 14.1 Å². The molecule has 0 bridgehead atoms. The maximum Gasteiger partial charge on any atom is 0.282 e. The lowest BCUT2D eigenvalue weighted by molar-refractivity contribution is 0.100. The van der Waals surface area contributed by atoms with E-state index in [0.29, 0.717) is 11.8 Å². The number of nitrogens with zero attached hydrogens (tertiary/aromatic N) is 4. The summed E-state index contributed by atoms with van der Waals surface area (Å²) in [5, 5.41) is 13.0. The first kappa shape index (κ1) is 32.1. The number of anilines is 2. The molecule has 8 rings (SSSR count). The topological polar surface area (TPSA) is 93.8 Å². The van der Waals surface area contributed by atoms with Crippen LogP contribution in [-0.4, -0.2) is 31.4 Å². The van der Waals surface area contributed by atoms with E-state index < -0.39 is 36.1 Å². The van der Waals surface area contributed by atoms with Crippen LogP contribution in [0.5, 0.6) is 0 Å². The van der Waals surface area contributed by atoms with Gasteiger partial charge in [-0.15, -0.1) is 0 Å². The van der Waals surface area contributed by atoms with Gasteiger partial charge in [0.15, 0.2) is 0 Å². The van der Waals surface area contributed by atoms with Crippen molar-refractivity contribution in [3.05, 3.63) is 94.6 Å². The van der Waals surface area contributed by atoms with Crippen LogP contribution in [0.1, 0.15) is 106 Å². The van der Waals surface area contributed by atoms with E-state index in [9.17, 15) is 27.2 Å². The Bertz CT molecular complexity index is 1700. The Labute approximate surface area is 275 Å². The summed E-state index contributed by atoms with van der Waals surface area (Å²) in [5.41, 5.74) is 2.58. The van der Waals surface area contributed by atoms with Gasteiger partial charge in [-0.1, -0.05) is 36.4 Å². The molecular weight excluding hydrogens is 624 g/mol. The highest BCUT2D eigenvalue weighted by Gasteiger charge is 2.49. The molecule has 48 heavy (non-hydrogen) atoms. The molecule has 2 aromatic carbocycles. The number of hydrogen-bond acceptors (Lipinski definition) is 4. The molecule has 252 valence electrons. The van der Waals surface area contributed by atoms with Crippen molar-refractivity contribution >= 4 is 23.2 Å². The van der Waals surface area contributed by atoms with E-state index in [2.05, 4.69) is 20.8 Å². The molecule has 4 atom stereocenters. The fourth-order valence-electron chi connectivity index (χ4n) is 7.17. The molecule has 12 heteroatoms. The van der Waals surface area contributed by atoms with Gasteiger partial charge in [0, 0.05) is 37.9 Å². The number of nitrogens with one attached hydrogen (secondary N) is 2. The molecular formula is C36H38F4N6O2. The van der Waals surface area contributed by atoms with Crippen LogP contribution in [0.15, 0.2) is 60.9 Å². The highest BCUT2D eigenvalue weighted by atomic mass is 19.3. The van der Waals surface area contributed by atoms with E-state index >= 15 is 0 Å². The number of benzene rings is 2. The maximum absolute atomic E-state index is 13.0. The summed E-state index contributed by atoms with van der Waals surface area (Å²) in [6.07, 6.45) is 4.68. The van der Waals surface area contributed by atoms with Crippen molar-refractivity contribution in [2.75, 3.05) is 10.6 Å². The molecule has 4 saturated carbocycles. The first-order chi connectivity index (χ1) is 23.1. The van der Waals surface area contributed by atoms with E-state index in [1.54, 1.807) is 0 Å². The van der Waals surface area contributed by atoms with Crippen molar-refractivity contribution in [3.63, 3.8) is 0 Å². The van der Waals surface area contributed by atoms with Gasteiger partial charge >= 0.3 is 0 Å². The minimum Gasteiger partial charge on any atom is -0.322 e. The van der Waals surface area contributed by atoms with E-state index in [-0.39, 0.29) is 11.1 Å². The largest absolute Gasteiger partial charge is 0.322 e. The molecule has 0 aliphatic heterocycles. The number of alkyl halides is 4. The number of amides is 2. The summed E-state index contributed by atoms with van der Waals surface area (Å²) in [5.74, 6) is 3.01. The summed E-state index contributed by atoms with van der Waals surface area (Å²) in [7, 11) is 3.06. The number of para-hydroxylation sites is 2. The number of aromatic nitrogens is 4. The minimum absolute atomic E-state index is 0.0724. The lowest BCUT2D eigenvalue weighted by Gasteiger charge is -2.11. The first-order valence-corrected chi connectivity index (χ1v) is 16.5. The van der Waals surface area contributed by atoms with Gasteiger partial charge in [-0.3, -0.25) is 19.0 Å². The van der Waals surface area contributed by atoms with Crippen molar-refractivity contribution in [1.82, 2.24) is 19.6 Å². The van der Waals surface area contributed by atoms with E-state index in [0.717, 1.165) is 59.0 Å². The lowest BCUT2D eigenvalue weighted by Crippen LogP contribution is -2.14. The second kappa shape index (κ2) is 12.9. The molecule has 4 aliphatic rings. The number of aryl methyl sites for hydroxylation is 2. The van der Waals surface area contributed by atoms with Gasteiger partial charge in [-0.2, -0.15) is 10.2 Å². The molecule has 4 aliphatic carbocycles. The summed E-state index contributed by atoms with van der Waals surface area (Å²) < 4.78 is 54.7. The Balaban J connectivity index is 0.000000152. The normalized spacial score (nSPS) is 22.7. The van der Waals surface area contributed by atoms with Gasteiger partial charge in [0.2, 0.25) is 0 Å². The molecule has 0 spiro atoms. The Kier molecular flexibility index (Phi) is 8.59. The van der Waals surface area contributed by atoms with E-state index in [4.69, 9.17) is 0 Å². The van der Waals surface area contributed by atoms with Crippen LogP contribution in [0.3, 0.4) is 0 Å². The molecule has 4 fully saturated rings. The number of carbonyl (C=O) groups excluding carboxylic acids is 2. The predicted octanol–water partition coefficient (Wildman–Crippen LogP) is 8.25. The van der Waals surface area contributed by atoms with Crippen molar-refractivity contribution < 1.29 is 27.2 Å². The zero-order chi connectivity index (χ0) is 33.7. The van der Waals surface area contributed by atoms with Crippen LogP contribution in [0.2, 0.25) is 0 Å². The third kappa shape index (κ3) is 6.88. The SMILES string of the molecule is Cn1cc(C(=O)Nc2ccccc2[C@@H]2C[C@H]2C2CC2)c(C(F)F)n1.Cn1cc(C(=O)Nc2ccccc2[C@H]2C[C@@H]2C2CC2)c(C(F)F)n1. The summed E-state index contributed by atoms with van der Waals surface area (Å²) in [6, 6.07) is 15.4. The van der Waals surface area contributed by atoms with Gasteiger partial charge < -0.3 is 10.6 Å². The van der Waals surface area contributed by atoms with E-state index in [1.165, 1.54) is 61.5 Å². The fraction of sp³-hybridized carbons (Fsp3) is 0.444. The molecule has 2 heterocycles. The Morgan fingerprint density at radius 2 is 1.04 bits per heavy atom. The Morgan fingerprint density at radius 1 is 0.667 bits per heavy atom. The van der Waals surface area contributed by atoms with Gasteiger partial charge in [0.05, 0.1) is 11.1 Å². The maximum atomic E-state index is 13.0. The predicted molar refractivity (Wildman–Crippen MR) is 172 cm³/mol. The average Bonchev–Trinajstić information content (AvgIpc) is 3.85. The number of carbonyl (C=O) groups is 2. The number of rotatable bonds is 10.